The summed E-state index contributed by atoms with van der Waals surface area (Å²) in [6.45, 7) is 1.88. The summed E-state index contributed by atoms with van der Waals surface area (Å²) >= 11 is 0. The van der Waals surface area contributed by atoms with Gasteiger partial charge in [-0.25, -0.2) is 4.57 Å². The van der Waals surface area contributed by atoms with Crippen LogP contribution in [0.5, 0.6) is 0 Å². The summed E-state index contributed by atoms with van der Waals surface area (Å²) in [5.41, 5.74) is 10.4. The molecule has 8 heteroatoms. The number of hydrogen-bond acceptors (Lipinski definition) is 7. The first-order valence-corrected chi connectivity index (χ1v) is 6.12. The molecule has 0 aromatic carbocycles. The number of aliphatic hydroxyl groups is 1. The van der Waals surface area contributed by atoms with Gasteiger partial charge in [0.25, 0.3) is 0 Å². The molecule has 0 bridgehead atoms. The second-order valence-electron chi connectivity index (χ2n) is 2.84. The Bertz CT molecular complexity index is 190. The van der Waals surface area contributed by atoms with Gasteiger partial charge in [0.15, 0.2) is 0 Å². The van der Waals surface area contributed by atoms with Crippen molar-refractivity contribution in [2.45, 2.75) is 13.0 Å². The van der Waals surface area contributed by atoms with Gasteiger partial charge in [-0.05, 0) is 6.92 Å². The Morgan fingerprint density at radius 3 is 2.00 bits per heavy atom. The zero-order valence-corrected chi connectivity index (χ0v) is 9.69. The van der Waals surface area contributed by atoms with Crippen LogP contribution in [0.3, 0.4) is 0 Å². The lowest BCUT2D eigenvalue weighted by Gasteiger charge is -2.18. The SMILES string of the molecule is CC(O)COP(=O)(OCCN)OCCN. The molecule has 0 amide bonds. The normalized spacial score (nSPS) is 14.1. The van der Waals surface area contributed by atoms with E-state index in [2.05, 4.69) is 0 Å². The maximum absolute atomic E-state index is 11.7. The van der Waals surface area contributed by atoms with Crippen molar-refractivity contribution in [3.8, 4) is 0 Å². The molecule has 0 aromatic rings. The van der Waals surface area contributed by atoms with Crippen molar-refractivity contribution in [2.24, 2.45) is 11.5 Å². The smallest absolute Gasteiger partial charge is 0.391 e. The molecule has 0 fully saturated rings. The average Bonchev–Trinajstić information content (AvgIpc) is 2.21. The molecule has 0 rings (SSSR count). The molecule has 0 aliphatic carbocycles. The molecule has 0 heterocycles. The minimum atomic E-state index is -3.63. The second-order valence-corrected chi connectivity index (χ2v) is 4.50. The molecule has 1 atom stereocenters. The van der Waals surface area contributed by atoms with Crippen molar-refractivity contribution < 1.29 is 23.2 Å². The van der Waals surface area contributed by atoms with Gasteiger partial charge in [-0.2, -0.15) is 0 Å². The van der Waals surface area contributed by atoms with Crippen LogP contribution in [-0.2, 0) is 18.1 Å². The van der Waals surface area contributed by atoms with E-state index in [9.17, 15) is 4.57 Å². The Hall–Kier alpha value is -0.0100. The lowest BCUT2D eigenvalue weighted by Crippen LogP contribution is -2.16. The third-order valence-electron chi connectivity index (χ3n) is 1.21. The van der Waals surface area contributed by atoms with Crippen LogP contribution < -0.4 is 11.5 Å². The zero-order valence-electron chi connectivity index (χ0n) is 8.80. The molecule has 0 spiro atoms. The number of phosphoric ester groups is 1. The fourth-order valence-corrected chi connectivity index (χ4v) is 1.92. The highest BCUT2D eigenvalue weighted by Gasteiger charge is 2.26. The Morgan fingerprint density at radius 2 is 1.67 bits per heavy atom. The van der Waals surface area contributed by atoms with Crippen molar-refractivity contribution in [2.75, 3.05) is 32.9 Å². The maximum atomic E-state index is 11.7. The molecule has 1 unspecified atom stereocenters. The van der Waals surface area contributed by atoms with E-state index in [-0.39, 0.29) is 32.9 Å². The maximum Gasteiger partial charge on any atom is 0.474 e. The molecule has 0 radical (unpaired) electrons. The Labute approximate surface area is 89.3 Å². The van der Waals surface area contributed by atoms with Crippen LogP contribution >= 0.6 is 7.82 Å². The first-order chi connectivity index (χ1) is 7.04. The predicted molar refractivity (Wildman–Crippen MR) is 55.3 cm³/mol. The molecule has 0 aromatic heterocycles. The number of aliphatic hydroxyl groups excluding tert-OH is 1. The molecule has 92 valence electrons. The molecule has 15 heavy (non-hydrogen) atoms. The van der Waals surface area contributed by atoms with Crippen LogP contribution in [-0.4, -0.2) is 44.1 Å². The number of phosphoric acid groups is 1. The van der Waals surface area contributed by atoms with Gasteiger partial charge in [0.2, 0.25) is 0 Å². The van der Waals surface area contributed by atoms with E-state index in [4.69, 9.17) is 30.1 Å². The summed E-state index contributed by atoms with van der Waals surface area (Å²) in [5, 5.41) is 8.96. The molecule has 7 nitrogen and oxygen atoms in total. The van der Waals surface area contributed by atoms with Crippen LogP contribution in [0.15, 0.2) is 0 Å². The van der Waals surface area contributed by atoms with E-state index in [1.165, 1.54) is 6.92 Å². The highest BCUT2D eigenvalue weighted by Crippen LogP contribution is 2.49. The van der Waals surface area contributed by atoms with Gasteiger partial charge in [0, 0.05) is 13.1 Å². The van der Waals surface area contributed by atoms with E-state index in [1.807, 2.05) is 0 Å². The molecule has 5 N–H and O–H groups in total. The second kappa shape index (κ2) is 8.18. The number of hydrogen-bond donors (Lipinski definition) is 3. The monoisotopic (exact) mass is 242 g/mol. The fraction of sp³-hybridized carbons (Fsp3) is 1.00. The van der Waals surface area contributed by atoms with Gasteiger partial charge in [-0.1, -0.05) is 0 Å². The standard InChI is InChI=1S/C7H19N2O5P/c1-7(10)6-14-15(11,12-4-2-8)13-5-3-9/h7,10H,2-6,8-9H2,1H3. The van der Waals surface area contributed by atoms with E-state index < -0.39 is 13.9 Å². The highest BCUT2D eigenvalue weighted by atomic mass is 31.2. The van der Waals surface area contributed by atoms with E-state index in [0.29, 0.717) is 0 Å². The van der Waals surface area contributed by atoms with Gasteiger partial charge in [-0.15, -0.1) is 0 Å². The minimum Gasteiger partial charge on any atom is -0.391 e. The molecule has 0 saturated heterocycles. The fourth-order valence-electron chi connectivity index (χ4n) is 0.640. The predicted octanol–water partition coefficient (Wildman–Crippen LogP) is -0.557. The van der Waals surface area contributed by atoms with Crippen LogP contribution in [0.4, 0.5) is 0 Å². The van der Waals surface area contributed by atoms with E-state index in [0.717, 1.165) is 0 Å². The Balaban J connectivity index is 4.08. The largest absolute Gasteiger partial charge is 0.474 e. The first kappa shape index (κ1) is 15.0. The van der Waals surface area contributed by atoms with Crippen LogP contribution in [0, 0.1) is 0 Å². The summed E-state index contributed by atoms with van der Waals surface area (Å²) in [6, 6.07) is 0. The van der Waals surface area contributed by atoms with Gasteiger partial charge in [0.05, 0.1) is 25.9 Å². The van der Waals surface area contributed by atoms with Crippen LogP contribution in [0.2, 0.25) is 0 Å². The topological polar surface area (TPSA) is 117 Å². The summed E-state index contributed by atoms with van der Waals surface area (Å²) in [7, 11) is -3.63. The zero-order chi connectivity index (χ0) is 11.7. The van der Waals surface area contributed by atoms with E-state index >= 15 is 0 Å². The Kier molecular flexibility index (Phi) is 8.17. The molecule has 0 aliphatic rings. The summed E-state index contributed by atoms with van der Waals surface area (Å²) in [5.74, 6) is 0. The van der Waals surface area contributed by atoms with Gasteiger partial charge in [-0.3, -0.25) is 13.6 Å². The van der Waals surface area contributed by atoms with Crippen LogP contribution in [0.1, 0.15) is 6.92 Å². The van der Waals surface area contributed by atoms with Crippen molar-refractivity contribution in [1.29, 1.82) is 0 Å². The molecular weight excluding hydrogens is 223 g/mol. The lowest BCUT2D eigenvalue weighted by molar-refractivity contribution is 0.0690. The lowest BCUT2D eigenvalue weighted by atomic mass is 10.5. The van der Waals surface area contributed by atoms with Crippen molar-refractivity contribution in [1.82, 2.24) is 0 Å². The van der Waals surface area contributed by atoms with E-state index in [1.54, 1.807) is 0 Å². The summed E-state index contributed by atoms with van der Waals surface area (Å²) in [6.07, 6.45) is -0.749. The average molecular weight is 242 g/mol. The molecule has 0 saturated carbocycles. The quantitative estimate of drug-likeness (QED) is 0.464. The third kappa shape index (κ3) is 7.87. The van der Waals surface area contributed by atoms with Gasteiger partial charge < -0.3 is 16.6 Å². The number of rotatable bonds is 9. The van der Waals surface area contributed by atoms with Crippen molar-refractivity contribution >= 4 is 7.82 Å². The van der Waals surface area contributed by atoms with Gasteiger partial charge >= 0.3 is 7.82 Å². The van der Waals surface area contributed by atoms with Gasteiger partial charge in [0.1, 0.15) is 0 Å². The van der Waals surface area contributed by atoms with Crippen molar-refractivity contribution in [3.63, 3.8) is 0 Å². The van der Waals surface area contributed by atoms with Crippen LogP contribution in [0.25, 0.3) is 0 Å². The molecular formula is C7H19N2O5P. The Morgan fingerprint density at radius 1 is 1.20 bits per heavy atom. The minimum absolute atomic E-state index is 0.0572. The summed E-state index contributed by atoms with van der Waals surface area (Å²) in [4.78, 5) is 0. The third-order valence-corrected chi connectivity index (χ3v) is 2.67. The first-order valence-electron chi connectivity index (χ1n) is 4.66. The highest BCUT2D eigenvalue weighted by molar-refractivity contribution is 7.48. The van der Waals surface area contributed by atoms with Crippen molar-refractivity contribution in [3.05, 3.63) is 0 Å². The summed E-state index contributed by atoms with van der Waals surface area (Å²) < 4.78 is 26.3. The number of nitrogens with two attached hydrogens (primary N) is 2. The molecule has 0 aliphatic heterocycles.